The van der Waals surface area contributed by atoms with Crippen LogP contribution in [0.3, 0.4) is 0 Å². The summed E-state index contributed by atoms with van der Waals surface area (Å²) >= 11 is 0. The summed E-state index contributed by atoms with van der Waals surface area (Å²) in [6, 6.07) is 2.90. The molecule has 0 atom stereocenters. The van der Waals surface area contributed by atoms with Crippen molar-refractivity contribution in [2.24, 2.45) is 5.92 Å². The van der Waals surface area contributed by atoms with E-state index in [1.54, 1.807) is 6.07 Å². The number of nitrogens with one attached hydrogen (secondary N) is 1. The maximum atomic E-state index is 12.7. The molecular formula is C16H17F3N4O3S. The van der Waals surface area contributed by atoms with E-state index in [1.807, 2.05) is 0 Å². The van der Waals surface area contributed by atoms with Crippen molar-refractivity contribution in [1.29, 1.82) is 5.26 Å². The third-order valence-corrected chi connectivity index (χ3v) is 5.47. The minimum absolute atomic E-state index is 0.0961. The van der Waals surface area contributed by atoms with Crippen LogP contribution in [0.25, 0.3) is 5.52 Å². The topological polar surface area (TPSA) is 96.5 Å². The maximum absolute atomic E-state index is 12.7. The highest BCUT2D eigenvalue weighted by Crippen LogP contribution is 2.33. The van der Waals surface area contributed by atoms with Gasteiger partial charge in [0.1, 0.15) is 17.1 Å². The summed E-state index contributed by atoms with van der Waals surface area (Å²) in [7, 11) is -5.88. The molecule has 0 radical (unpaired) electrons. The lowest BCUT2D eigenvalue weighted by atomic mass is 9.89. The zero-order valence-corrected chi connectivity index (χ0v) is 15.0. The van der Waals surface area contributed by atoms with Gasteiger partial charge in [-0.25, -0.2) is 4.52 Å². The van der Waals surface area contributed by atoms with Gasteiger partial charge in [-0.15, -0.1) is 0 Å². The van der Waals surface area contributed by atoms with Gasteiger partial charge >= 0.3 is 15.6 Å². The highest BCUT2D eigenvalue weighted by molar-refractivity contribution is 7.88. The highest BCUT2D eigenvalue weighted by atomic mass is 32.2. The summed E-state index contributed by atoms with van der Waals surface area (Å²) < 4.78 is 66.4. The number of rotatable bonds is 5. The molecule has 1 saturated carbocycles. The summed E-state index contributed by atoms with van der Waals surface area (Å²) in [6.07, 6.45) is 8.19. The molecule has 2 aromatic rings. The fraction of sp³-hybridized carbons (Fsp3) is 0.500. The predicted molar refractivity (Wildman–Crippen MR) is 90.6 cm³/mol. The largest absolute Gasteiger partial charge is 0.534 e. The van der Waals surface area contributed by atoms with Gasteiger partial charge in [-0.05, 0) is 18.8 Å². The molecule has 7 nitrogen and oxygen atoms in total. The first-order valence-corrected chi connectivity index (χ1v) is 9.78. The van der Waals surface area contributed by atoms with E-state index >= 15 is 0 Å². The first-order valence-electron chi connectivity index (χ1n) is 8.37. The lowest BCUT2D eigenvalue weighted by molar-refractivity contribution is -0.0499. The van der Waals surface area contributed by atoms with Crippen LogP contribution in [0.2, 0.25) is 0 Å². The average molecular weight is 402 g/mol. The Kier molecular flexibility index (Phi) is 5.19. The molecular weight excluding hydrogens is 385 g/mol. The van der Waals surface area contributed by atoms with E-state index in [1.165, 1.54) is 12.6 Å². The Morgan fingerprint density at radius 1 is 1.33 bits per heavy atom. The Balaban J connectivity index is 1.94. The third-order valence-electron chi connectivity index (χ3n) is 4.50. The monoisotopic (exact) mass is 402 g/mol. The molecule has 2 heterocycles. The van der Waals surface area contributed by atoms with E-state index in [-0.39, 0.29) is 11.1 Å². The fourth-order valence-corrected chi connectivity index (χ4v) is 3.60. The molecule has 0 aliphatic heterocycles. The first kappa shape index (κ1) is 19.3. The van der Waals surface area contributed by atoms with Gasteiger partial charge in [0.05, 0.1) is 18.1 Å². The minimum Gasteiger partial charge on any atom is -0.383 e. The Morgan fingerprint density at radius 3 is 2.67 bits per heavy atom. The number of fused-ring (bicyclic) bond motifs is 1. The Hall–Kier alpha value is -2.48. The van der Waals surface area contributed by atoms with Crippen LogP contribution in [0, 0.1) is 17.2 Å². The van der Waals surface area contributed by atoms with Crippen molar-refractivity contribution in [1.82, 2.24) is 9.61 Å². The molecule has 27 heavy (non-hydrogen) atoms. The molecule has 0 spiro atoms. The molecule has 11 heteroatoms. The molecule has 146 valence electrons. The van der Waals surface area contributed by atoms with E-state index < -0.39 is 21.4 Å². The summed E-state index contributed by atoms with van der Waals surface area (Å²) in [4.78, 5) is 0. The van der Waals surface area contributed by atoms with Crippen molar-refractivity contribution in [3.8, 4) is 11.8 Å². The normalized spacial score (nSPS) is 16.2. The molecule has 1 aliphatic carbocycles. The number of anilines is 1. The van der Waals surface area contributed by atoms with Gasteiger partial charge in [0, 0.05) is 12.6 Å². The van der Waals surface area contributed by atoms with Crippen molar-refractivity contribution in [2.75, 3.05) is 11.9 Å². The molecule has 0 aromatic carbocycles. The number of hydrogen-bond acceptors (Lipinski definition) is 6. The van der Waals surface area contributed by atoms with E-state index in [2.05, 4.69) is 14.6 Å². The van der Waals surface area contributed by atoms with Crippen LogP contribution in [0.5, 0.6) is 5.75 Å². The minimum atomic E-state index is -5.88. The van der Waals surface area contributed by atoms with Crippen molar-refractivity contribution >= 4 is 21.3 Å². The number of nitriles is 1. The molecule has 1 fully saturated rings. The number of hydrogen-bond donors (Lipinski definition) is 1. The quantitative estimate of drug-likeness (QED) is 0.608. The van der Waals surface area contributed by atoms with Crippen LogP contribution in [0.15, 0.2) is 18.5 Å². The number of aromatic nitrogens is 2. The lowest BCUT2D eigenvalue weighted by Gasteiger charge is -2.22. The van der Waals surface area contributed by atoms with Crippen LogP contribution in [0.1, 0.15) is 37.7 Å². The zero-order valence-electron chi connectivity index (χ0n) is 14.2. The summed E-state index contributed by atoms with van der Waals surface area (Å²) in [6.45, 7) is 0.601. The molecule has 1 N–H and O–H groups in total. The molecule has 0 bridgehead atoms. The van der Waals surface area contributed by atoms with Gasteiger partial charge in [0.2, 0.25) is 0 Å². The van der Waals surface area contributed by atoms with Gasteiger partial charge in [-0.1, -0.05) is 19.3 Å². The number of alkyl halides is 3. The molecule has 3 rings (SSSR count). The first-order chi connectivity index (χ1) is 12.7. The lowest BCUT2D eigenvalue weighted by Crippen LogP contribution is -2.28. The summed E-state index contributed by atoms with van der Waals surface area (Å²) in [5.41, 5.74) is -5.47. The predicted octanol–water partition coefficient (Wildman–Crippen LogP) is 3.43. The summed E-state index contributed by atoms with van der Waals surface area (Å²) in [5, 5.41) is 16.1. The molecule has 1 aliphatic rings. The van der Waals surface area contributed by atoms with E-state index in [9.17, 15) is 21.6 Å². The fourth-order valence-electron chi connectivity index (χ4n) is 3.15. The second kappa shape index (κ2) is 7.26. The Bertz CT molecular complexity index is 973. The standard InChI is InChI=1S/C16H17F3N4O3S/c17-16(18,19)27(24,25)26-14-6-13(21-8-11-4-2-1-3-5-11)10-23-15(14)12(7-20)9-22-23/h6,9-11,21H,1-5,8H2. The van der Waals surface area contributed by atoms with Crippen LogP contribution in [-0.4, -0.2) is 30.1 Å². The van der Waals surface area contributed by atoms with Crippen molar-refractivity contribution in [3.63, 3.8) is 0 Å². The highest BCUT2D eigenvalue weighted by Gasteiger charge is 2.49. The molecule has 2 aromatic heterocycles. The van der Waals surface area contributed by atoms with E-state index in [4.69, 9.17) is 5.26 Å². The Labute approximate surface area is 153 Å². The molecule has 0 unspecified atom stereocenters. The van der Waals surface area contributed by atoms with E-state index in [0.29, 0.717) is 18.2 Å². The van der Waals surface area contributed by atoms with Crippen LogP contribution in [0.4, 0.5) is 18.9 Å². The number of halogens is 3. The van der Waals surface area contributed by atoms with Crippen LogP contribution >= 0.6 is 0 Å². The SMILES string of the molecule is N#Cc1cnn2cc(NCC3CCCCC3)cc(OS(=O)(=O)C(F)(F)F)c12. The average Bonchev–Trinajstić information content (AvgIpc) is 3.03. The Morgan fingerprint density at radius 2 is 2.04 bits per heavy atom. The van der Waals surface area contributed by atoms with Crippen molar-refractivity contribution < 1.29 is 25.8 Å². The third kappa shape index (κ3) is 4.10. The van der Waals surface area contributed by atoms with Gasteiger partial charge in [0.15, 0.2) is 5.75 Å². The van der Waals surface area contributed by atoms with Crippen molar-refractivity contribution in [3.05, 3.63) is 24.0 Å². The van der Waals surface area contributed by atoms with Gasteiger partial charge in [-0.3, -0.25) is 0 Å². The second-order valence-electron chi connectivity index (χ2n) is 6.42. The van der Waals surface area contributed by atoms with Crippen LogP contribution < -0.4 is 9.50 Å². The molecule has 0 saturated heterocycles. The van der Waals surface area contributed by atoms with Crippen molar-refractivity contribution in [2.45, 2.75) is 37.6 Å². The van der Waals surface area contributed by atoms with Gasteiger partial charge < -0.3 is 9.50 Å². The second-order valence-corrected chi connectivity index (χ2v) is 7.96. The van der Waals surface area contributed by atoms with Crippen LogP contribution in [-0.2, 0) is 10.1 Å². The van der Waals surface area contributed by atoms with Gasteiger partial charge in [0.25, 0.3) is 0 Å². The maximum Gasteiger partial charge on any atom is 0.534 e. The summed E-state index contributed by atoms with van der Waals surface area (Å²) in [5.74, 6) is -0.167. The van der Waals surface area contributed by atoms with E-state index in [0.717, 1.165) is 42.5 Å². The van der Waals surface area contributed by atoms with Gasteiger partial charge in [-0.2, -0.15) is 31.9 Å². The smallest absolute Gasteiger partial charge is 0.383 e. The number of pyridine rings is 1. The molecule has 0 amide bonds. The zero-order chi connectivity index (χ0) is 19.7. The number of nitrogens with zero attached hydrogens (tertiary/aromatic N) is 3.